The minimum Gasteiger partial charge on any atom is -0.507 e. The highest BCUT2D eigenvalue weighted by Gasteiger charge is 2.37. The average molecular weight is 320 g/mol. The van der Waals surface area contributed by atoms with Gasteiger partial charge in [-0.1, -0.05) is 24.3 Å². The number of aromatic hydroxyl groups is 1. The van der Waals surface area contributed by atoms with Crippen molar-refractivity contribution < 1.29 is 19.5 Å². The van der Waals surface area contributed by atoms with E-state index in [4.69, 9.17) is 0 Å². The zero-order chi connectivity index (χ0) is 17.0. The quantitative estimate of drug-likeness (QED) is 0.787. The van der Waals surface area contributed by atoms with E-state index in [1.807, 2.05) is 0 Å². The molecule has 2 aromatic carbocycles. The van der Waals surface area contributed by atoms with Crippen LogP contribution in [0.5, 0.6) is 5.75 Å². The second kappa shape index (κ2) is 5.13. The fourth-order valence-electron chi connectivity index (χ4n) is 3.99. The van der Waals surface area contributed by atoms with Crippen molar-refractivity contribution in [2.24, 2.45) is 0 Å². The van der Waals surface area contributed by atoms with Gasteiger partial charge in [0.05, 0.1) is 5.56 Å². The van der Waals surface area contributed by atoms with Crippen molar-refractivity contribution in [1.82, 2.24) is 0 Å². The second-order valence-electron chi connectivity index (χ2n) is 6.57. The molecule has 0 bridgehead atoms. The maximum Gasteiger partial charge on any atom is 0.198 e. The maximum absolute atomic E-state index is 12.8. The minimum absolute atomic E-state index is 0.0534. The van der Waals surface area contributed by atoms with Crippen LogP contribution in [0.2, 0.25) is 0 Å². The summed E-state index contributed by atoms with van der Waals surface area (Å²) in [4.78, 5) is 37.1. The molecule has 1 atom stereocenters. The SMILES string of the molecule is CC(=O)CC1CCc2cc3c(c(O)c21)C(=O)c1ccccc1C3=O. The van der Waals surface area contributed by atoms with Crippen LogP contribution in [0.15, 0.2) is 30.3 Å². The summed E-state index contributed by atoms with van der Waals surface area (Å²) in [7, 11) is 0. The molecule has 120 valence electrons. The number of rotatable bonds is 2. The zero-order valence-electron chi connectivity index (χ0n) is 13.3. The molecule has 1 N–H and O–H groups in total. The number of hydrogen-bond donors (Lipinski definition) is 1. The van der Waals surface area contributed by atoms with E-state index in [1.165, 1.54) is 6.92 Å². The molecule has 0 aliphatic heterocycles. The molecule has 4 heteroatoms. The Labute approximate surface area is 139 Å². The van der Waals surface area contributed by atoms with Crippen molar-refractivity contribution in [1.29, 1.82) is 0 Å². The van der Waals surface area contributed by atoms with Gasteiger partial charge >= 0.3 is 0 Å². The molecule has 2 aliphatic rings. The Morgan fingerprint density at radius 3 is 2.46 bits per heavy atom. The van der Waals surface area contributed by atoms with Gasteiger partial charge in [0.2, 0.25) is 0 Å². The number of phenolic OH excluding ortho intramolecular Hbond substituents is 1. The highest BCUT2D eigenvalue weighted by Crippen LogP contribution is 2.46. The summed E-state index contributed by atoms with van der Waals surface area (Å²) in [5.74, 6) is -0.693. The number of Topliss-reactive ketones (excluding diaryl/α,β-unsaturated/α-hetero) is 1. The lowest BCUT2D eigenvalue weighted by atomic mass is 9.80. The molecule has 0 spiro atoms. The van der Waals surface area contributed by atoms with Gasteiger partial charge in [0.1, 0.15) is 11.5 Å². The van der Waals surface area contributed by atoms with E-state index >= 15 is 0 Å². The highest BCUT2D eigenvalue weighted by atomic mass is 16.3. The second-order valence-corrected chi connectivity index (χ2v) is 6.57. The van der Waals surface area contributed by atoms with Crippen LogP contribution in [-0.4, -0.2) is 22.5 Å². The van der Waals surface area contributed by atoms with Gasteiger partial charge in [-0.15, -0.1) is 0 Å². The van der Waals surface area contributed by atoms with Crippen LogP contribution in [0.4, 0.5) is 0 Å². The first-order valence-electron chi connectivity index (χ1n) is 8.05. The van der Waals surface area contributed by atoms with E-state index in [0.717, 1.165) is 12.0 Å². The van der Waals surface area contributed by atoms with Gasteiger partial charge in [-0.2, -0.15) is 0 Å². The van der Waals surface area contributed by atoms with Crippen molar-refractivity contribution in [3.05, 3.63) is 63.7 Å². The Hall–Kier alpha value is -2.75. The number of hydrogen-bond acceptors (Lipinski definition) is 4. The molecule has 4 rings (SSSR count). The minimum atomic E-state index is -0.325. The van der Waals surface area contributed by atoms with E-state index in [9.17, 15) is 19.5 Å². The van der Waals surface area contributed by atoms with Crippen molar-refractivity contribution in [2.75, 3.05) is 0 Å². The third-order valence-corrected chi connectivity index (χ3v) is 5.02. The third kappa shape index (κ3) is 1.96. The van der Waals surface area contributed by atoms with E-state index in [-0.39, 0.29) is 40.1 Å². The van der Waals surface area contributed by atoms with E-state index < -0.39 is 0 Å². The predicted octanol–water partition coefficient (Wildman–Crippen LogP) is 3.18. The van der Waals surface area contributed by atoms with Crippen molar-refractivity contribution in [3.63, 3.8) is 0 Å². The molecule has 2 aromatic rings. The Kier molecular flexibility index (Phi) is 3.17. The molecule has 1 unspecified atom stereocenters. The highest BCUT2D eigenvalue weighted by molar-refractivity contribution is 6.29. The Bertz CT molecular complexity index is 923. The summed E-state index contributed by atoms with van der Waals surface area (Å²) in [6.45, 7) is 1.53. The van der Waals surface area contributed by atoms with Gasteiger partial charge in [0.25, 0.3) is 0 Å². The molecule has 0 aromatic heterocycles. The molecule has 0 saturated heterocycles. The first kappa shape index (κ1) is 14.8. The molecular weight excluding hydrogens is 304 g/mol. The van der Waals surface area contributed by atoms with Crippen LogP contribution in [-0.2, 0) is 11.2 Å². The third-order valence-electron chi connectivity index (χ3n) is 5.02. The summed E-state index contributed by atoms with van der Waals surface area (Å²) in [6, 6.07) is 8.42. The van der Waals surface area contributed by atoms with Crippen LogP contribution in [0, 0.1) is 0 Å². The fourth-order valence-corrected chi connectivity index (χ4v) is 3.99. The zero-order valence-corrected chi connectivity index (χ0v) is 13.3. The fraction of sp³-hybridized carbons (Fsp3) is 0.250. The summed E-state index contributed by atoms with van der Waals surface area (Å²) in [6.07, 6.45) is 1.80. The summed E-state index contributed by atoms with van der Waals surface area (Å²) in [5, 5.41) is 10.8. The van der Waals surface area contributed by atoms with Gasteiger partial charge < -0.3 is 9.90 Å². The lowest BCUT2D eigenvalue weighted by molar-refractivity contribution is -0.117. The first-order valence-corrected chi connectivity index (χ1v) is 8.05. The molecule has 24 heavy (non-hydrogen) atoms. The molecule has 0 radical (unpaired) electrons. The van der Waals surface area contributed by atoms with Gasteiger partial charge in [0, 0.05) is 28.7 Å². The van der Waals surface area contributed by atoms with Crippen LogP contribution < -0.4 is 0 Å². The predicted molar refractivity (Wildman–Crippen MR) is 87.8 cm³/mol. The molecule has 4 nitrogen and oxygen atoms in total. The van der Waals surface area contributed by atoms with Crippen LogP contribution in [0.1, 0.15) is 68.7 Å². The van der Waals surface area contributed by atoms with Gasteiger partial charge in [-0.05, 0) is 37.3 Å². The van der Waals surface area contributed by atoms with Gasteiger partial charge in [0.15, 0.2) is 11.6 Å². The monoisotopic (exact) mass is 320 g/mol. The van der Waals surface area contributed by atoms with Gasteiger partial charge in [-0.25, -0.2) is 0 Å². The molecule has 0 amide bonds. The van der Waals surface area contributed by atoms with E-state index in [1.54, 1.807) is 30.3 Å². The van der Waals surface area contributed by atoms with Crippen LogP contribution in [0.25, 0.3) is 0 Å². The lowest BCUT2D eigenvalue weighted by Crippen LogP contribution is -2.22. The Morgan fingerprint density at radius 1 is 1.12 bits per heavy atom. The van der Waals surface area contributed by atoms with Crippen LogP contribution in [0.3, 0.4) is 0 Å². The topological polar surface area (TPSA) is 71.4 Å². The van der Waals surface area contributed by atoms with Crippen molar-refractivity contribution >= 4 is 17.3 Å². The number of aryl methyl sites for hydroxylation is 1. The van der Waals surface area contributed by atoms with E-state index in [0.29, 0.717) is 29.5 Å². The molecule has 0 saturated carbocycles. The standard InChI is InChI=1S/C20H16O4/c1-10(21)8-11-6-7-12-9-15-17(20(24)16(11)12)19(23)14-5-3-2-4-13(14)18(15)22/h2-5,9,11,24H,6-8H2,1H3. The molecular formula is C20H16O4. The van der Waals surface area contributed by atoms with E-state index in [2.05, 4.69) is 0 Å². The molecule has 0 heterocycles. The normalized spacial score (nSPS) is 18.1. The number of phenols is 1. The first-order chi connectivity index (χ1) is 11.5. The van der Waals surface area contributed by atoms with Gasteiger partial charge in [-0.3, -0.25) is 9.59 Å². The smallest absolute Gasteiger partial charge is 0.198 e. The molecule has 0 fully saturated rings. The summed E-state index contributed by atoms with van der Waals surface area (Å²) >= 11 is 0. The number of ketones is 3. The number of carbonyl (C=O) groups is 3. The largest absolute Gasteiger partial charge is 0.507 e. The average Bonchev–Trinajstić information content (AvgIpc) is 2.95. The van der Waals surface area contributed by atoms with Crippen molar-refractivity contribution in [2.45, 2.75) is 32.1 Å². The number of carbonyl (C=O) groups excluding carboxylic acids is 3. The van der Waals surface area contributed by atoms with Crippen LogP contribution >= 0.6 is 0 Å². The Balaban J connectivity index is 1.93. The summed E-state index contributed by atoms with van der Waals surface area (Å²) in [5.41, 5.74) is 2.62. The Morgan fingerprint density at radius 2 is 1.79 bits per heavy atom. The number of fused-ring (bicyclic) bond motifs is 3. The number of benzene rings is 2. The summed E-state index contributed by atoms with van der Waals surface area (Å²) < 4.78 is 0. The molecule has 2 aliphatic carbocycles. The lowest BCUT2D eigenvalue weighted by Gasteiger charge is -2.21. The maximum atomic E-state index is 12.8. The van der Waals surface area contributed by atoms with Crippen molar-refractivity contribution in [3.8, 4) is 5.75 Å².